The fraction of sp³-hybridized carbons (Fsp3) is 0.625. The molecule has 0 aromatic heterocycles. The van der Waals surface area contributed by atoms with Crippen LogP contribution in [-0.4, -0.2) is 21.5 Å². The minimum Gasteiger partial charge on any atom is -0.313 e. The number of benzene rings is 1. The molecule has 0 unspecified atom stereocenters. The molecule has 0 amide bonds. The van der Waals surface area contributed by atoms with Gasteiger partial charge in [-0.3, -0.25) is 0 Å². The van der Waals surface area contributed by atoms with Gasteiger partial charge in [0.05, 0.1) is 4.90 Å². The summed E-state index contributed by atoms with van der Waals surface area (Å²) in [7, 11) is -3.40. The second-order valence-corrected chi connectivity index (χ2v) is 7.54. The molecule has 2 N–H and O–H groups in total. The summed E-state index contributed by atoms with van der Waals surface area (Å²) in [5, 5.41) is 3.24. The maximum Gasteiger partial charge on any atom is 0.240 e. The van der Waals surface area contributed by atoms with E-state index in [9.17, 15) is 8.42 Å². The van der Waals surface area contributed by atoms with Gasteiger partial charge in [0, 0.05) is 13.1 Å². The van der Waals surface area contributed by atoms with Crippen molar-refractivity contribution in [2.75, 3.05) is 13.1 Å². The molecule has 0 atom stereocenters. The molecule has 0 spiro atoms. The predicted molar refractivity (Wildman–Crippen MR) is 85.7 cm³/mol. The average Bonchev–Trinajstić information content (AvgIpc) is 2.40. The van der Waals surface area contributed by atoms with Gasteiger partial charge in [-0.05, 0) is 43.0 Å². The topological polar surface area (TPSA) is 58.2 Å². The van der Waals surface area contributed by atoms with Crippen molar-refractivity contribution < 1.29 is 8.42 Å². The van der Waals surface area contributed by atoms with E-state index in [2.05, 4.69) is 10.0 Å². The second kappa shape index (κ2) is 7.38. The molecule has 5 heteroatoms. The number of nitrogens with one attached hydrogen (secondary N) is 2. The maximum absolute atomic E-state index is 12.4. The summed E-state index contributed by atoms with van der Waals surface area (Å²) in [6.07, 6.45) is 4.75. The normalized spacial score (nSPS) is 15.9. The van der Waals surface area contributed by atoms with Gasteiger partial charge in [-0.2, -0.15) is 0 Å². The fourth-order valence-corrected chi connectivity index (χ4v) is 3.99. The Hall–Kier alpha value is -0.910. The lowest BCUT2D eigenvalue weighted by Gasteiger charge is -2.25. The lowest BCUT2D eigenvalue weighted by molar-refractivity contribution is 0.297. The van der Waals surface area contributed by atoms with Crippen molar-refractivity contribution in [2.45, 2.75) is 51.0 Å². The highest BCUT2D eigenvalue weighted by Crippen LogP contribution is 2.29. The summed E-state index contributed by atoms with van der Waals surface area (Å²) in [6.45, 7) is 6.04. The Morgan fingerprint density at radius 1 is 1.29 bits per heavy atom. The van der Waals surface area contributed by atoms with Crippen LogP contribution >= 0.6 is 0 Å². The lowest BCUT2D eigenvalue weighted by atomic mass is 9.83. The van der Waals surface area contributed by atoms with E-state index in [0.717, 1.165) is 24.1 Å². The highest BCUT2D eigenvalue weighted by molar-refractivity contribution is 7.89. The average molecular weight is 310 g/mol. The van der Waals surface area contributed by atoms with Gasteiger partial charge in [0.25, 0.3) is 0 Å². The molecular weight excluding hydrogens is 284 g/mol. The Labute approximate surface area is 128 Å². The van der Waals surface area contributed by atoms with Crippen LogP contribution < -0.4 is 10.0 Å². The third kappa shape index (κ3) is 4.28. The van der Waals surface area contributed by atoms with E-state index in [-0.39, 0.29) is 0 Å². The van der Waals surface area contributed by atoms with Gasteiger partial charge in [-0.15, -0.1) is 0 Å². The molecular formula is C16H26N2O2S. The van der Waals surface area contributed by atoms with Crippen LogP contribution in [0.2, 0.25) is 0 Å². The van der Waals surface area contributed by atoms with Crippen molar-refractivity contribution in [3.63, 3.8) is 0 Å². The molecule has 0 aliphatic heterocycles. The lowest BCUT2D eigenvalue weighted by Crippen LogP contribution is -2.28. The van der Waals surface area contributed by atoms with Gasteiger partial charge in [-0.25, -0.2) is 13.1 Å². The van der Waals surface area contributed by atoms with Gasteiger partial charge < -0.3 is 5.32 Å². The van der Waals surface area contributed by atoms with Crippen LogP contribution in [0.15, 0.2) is 23.1 Å². The molecule has 1 fully saturated rings. The first-order valence-corrected chi connectivity index (χ1v) is 9.31. The van der Waals surface area contributed by atoms with Crippen LogP contribution in [0, 0.1) is 12.8 Å². The second-order valence-electron chi connectivity index (χ2n) is 5.80. The zero-order chi connectivity index (χ0) is 15.3. The molecule has 1 aliphatic carbocycles. The van der Waals surface area contributed by atoms with Crippen LogP contribution in [0.5, 0.6) is 0 Å². The minimum absolute atomic E-state index is 0.409. The summed E-state index contributed by atoms with van der Waals surface area (Å²) in [4.78, 5) is 0.409. The Kier molecular flexibility index (Phi) is 5.79. The van der Waals surface area contributed by atoms with Gasteiger partial charge in [0.2, 0.25) is 10.0 Å². The zero-order valence-corrected chi connectivity index (χ0v) is 13.8. The van der Waals surface area contributed by atoms with Crippen molar-refractivity contribution in [1.29, 1.82) is 0 Å². The zero-order valence-electron chi connectivity index (χ0n) is 13.0. The molecule has 1 aliphatic rings. The number of sulfonamides is 1. The fourth-order valence-electron chi connectivity index (χ4n) is 2.66. The summed E-state index contributed by atoms with van der Waals surface area (Å²) in [6, 6.07) is 5.49. The SMILES string of the molecule is CCNCc1cccc(S(=O)(=O)NCCC2CCC2)c1C. The third-order valence-corrected chi connectivity index (χ3v) is 5.93. The first-order valence-electron chi connectivity index (χ1n) is 7.83. The molecule has 0 heterocycles. The van der Waals surface area contributed by atoms with E-state index in [1.54, 1.807) is 6.07 Å². The van der Waals surface area contributed by atoms with Gasteiger partial charge in [0.15, 0.2) is 0 Å². The maximum atomic E-state index is 12.4. The Bertz CT molecular complexity index is 566. The molecule has 118 valence electrons. The third-order valence-electron chi connectivity index (χ3n) is 4.32. The summed E-state index contributed by atoms with van der Waals surface area (Å²) in [5.41, 5.74) is 1.88. The van der Waals surface area contributed by atoms with Gasteiger partial charge in [-0.1, -0.05) is 38.3 Å². The molecule has 0 saturated heterocycles. The molecule has 4 nitrogen and oxygen atoms in total. The van der Waals surface area contributed by atoms with Crippen LogP contribution in [0.1, 0.15) is 43.7 Å². The predicted octanol–water partition coefficient (Wildman–Crippen LogP) is 2.57. The highest BCUT2D eigenvalue weighted by Gasteiger charge is 2.20. The Morgan fingerprint density at radius 3 is 2.67 bits per heavy atom. The smallest absolute Gasteiger partial charge is 0.240 e. The summed E-state index contributed by atoms with van der Waals surface area (Å²) < 4.78 is 27.6. The van der Waals surface area contributed by atoms with Gasteiger partial charge in [0.1, 0.15) is 0 Å². The molecule has 0 radical (unpaired) electrons. The van der Waals surface area contributed by atoms with Crippen molar-refractivity contribution in [2.24, 2.45) is 5.92 Å². The van der Waals surface area contributed by atoms with Crippen LogP contribution in [0.25, 0.3) is 0 Å². The van der Waals surface area contributed by atoms with E-state index in [0.29, 0.717) is 23.9 Å². The van der Waals surface area contributed by atoms with Crippen LogP contribution in [0.4, 0.5) is 0 Å². The molecule has 1 saturated carbocycles. The quantitative estimate of drug-likeness (QED) is 0.776. The van der Waals surface area contributed by atoms with E-state index in [1.807, 2.05) is 26.0 Å². The molecule has 21 heavy (non-hydrogen) atoms. The molecule has 0 bridgehead atoms. The monoisotopic (exact) mass is 310 g/mol. The van der Waals surface area contributed by atoms with E-state index >= 15 is 0 Å². The summed E-state index contributed by atoms with van der Waals surface area (Å²) >= 11 is 0. The molecule has 1 aromatic carbocycles. The van der Waals surface area contributed by atoms with Crippen LogP contribution in [0.3, 0.4) is 0 Å². The van der Waals surface area contributed by atoms with Crippen molar-refractivity contribution in [3.05, 3.63) is 29.3 Å². The largest absolute Gasteiger partial charge is 0.313 e. The van der Waals surface area contributed by atoms with Crippen molar-refractivity contribution >= 4 is 10.0 Å². The van der Waals surface area contributed by atoms with Gasteiger partial charge >= 0.3 is 0 Å². The number of hydrogen-bond acceptors (Lipinski definition) is 3. The van der Waals surface area contributed by atoms with E-state index in [4.69, 9.17) is 0 Å². The van der Waals surface area contributed by atoms with Crippen molar-refractivity contribution in [3.8, 4) is 0 Å². The van der Waals surface area contributed by atoms with Crippen LogP contribution in [-0.2, 0) is 16.6 Å². The Morgan fingerprint density at radius 2 is 2.05 bits per heavy atom. The summed E-state index contributed by atoms with van der Waals surface area (Å²) in [5.74, 6) is 0.717. The van der Waals surface area contributed by atoms with E-state index < -0.39 is 10.0 Å². The standard InChI is InChI=1S/C16H26N2O2S/c1-3-17-12-15-8-5-9-16(13(15)2)21(19,20)18-11-10-14-6-4-7-14/h5,8-9,14,17-18H,3-4,6-7,10-12H2,1-2H3. The van der Waals surface area contributed by atoms with E-state index in [1.165, 1.54) is 19.3 Å². The Balaban J connectivity index is 2.03. The number of hydrogen-bond donors (Lipinski definition) is 2. The number of rotatable bonds is 8. The first-order chi connectivity index (χ1) is 10.0. The first kappa shape index (κ1) is 16.5. The van der Waals surface area contributed by atoms with Crippen molar-refractivity contribution in [1.82, 2.24) is 10.0 Å². The highest BCUT2D eigenvalue weighted by atomic mass is 32.2. The molecule has 1 aromatic rings. The molecule has 2 rings (SSSR count). The minimum atomic E-state index is -3.40.